The van der Waals surface area contributed by atoms with Gasteiger partial charge in [0.2, 0.25) is 0 Å². The molecule has 142 valence electrons. The van der Waals surface area contributed by atoms with Crippen LogP contribution in [0.2, 0.25) is 0 Å². The third-order valence-electron chi connectivity index (χ3n) is 3.97. The topological polar surface area (TPSA) is 58.6 Å². The zero-order valence-electron chi connectivity index (χ0n) is 16.2. The van der Waals surface area contributed by atoms with E-state index in [9.17, 15) is 9.90 Å². The lowest BCUT2D eigenvalue weighted by Gasteiger charge is -2.20. The molecule has 1 aromatic carbocycles. The largest absolute Gasteiger partial charge is 0.444 e. The molecule has 0 saturated heterocycles. The van der Waals surface area contributed by atoms with Gasteiger partial charge in [-0.05, 0) is 50.8 Å². The van der Waals surface area contributed by atoms with E-state index in [-0.39, 0.29) is 0 Å². The van der Waals surface area contributed by atoms with E-state index in [4.69, 9.17) is 4.74 Å². The van der Waals surface area contributed by atoms with Gasteiger partial charge < -0.3 is 15.2 Å². The molecule has 0 fully saturated rings. The number of amides is 1. The van der Waals surface area contributed by atoms with E-state index in [1.54, 1.807) is 0 Å². The van der Waals surface area contributed by atoms with E-state index in [1.807, 2.05) is 50.7 Å². The van der Waals surface area contributed by atoms with E-state index in [0.29, 0.717) is 13.0 Å². The summed E-state index contributed by atoms with van der Waals surface area (Å²) in [7, 11) is 0. The first kappa shape index (κ1) is 21.8. The highest BCUT2D eigenvalue weighted by atomic mass is 32.2. The summed E-state index contributed by atoms with van der Waals surface area (Å²) in [4.78, 5) is 12.8. The number of aliphatic hydroxyl groups is 1. The van der Waals surface area contributed by atoms with Crippen LogP contribution in [0.1, 0.15) is 65.5 Å². The Morgan fingerprint density at radius 1 is 1.28 bits per heavy atom. The molecule has 2 N–H and O–H groups in total. The SMILES string of the molecule is CCC(CC)CSc1cccc(C(O)CCNC(=O)OC(C)(C)C)c1. The number of aliphatic hydroxyl groups excluding tert-OH is 1. The first-order valence-electron chi connectivity index (χ1n) is 9.12. The highest BCUT2D eigenvalue weighted by Crippen LogP contribution is 2.27. The number of ether oxygens (including phenoxy) is 1. The van der Waals surface area contributed by atoms with Crippen molar-refractivity contribution in [1.29, 1.82) is 0 Å². The van der Waals surface area contributed by atoms with Crippen LogP contribution < -0.4 is 5.32 Å². The lowest BCUT2D eigenvalue weighted by atomic mass is 10.1. The lowest BCUT2D eigenvalue weighted by Crippen LogP contribution is -2.33. The Balaban J connectivity index is 2.46. The summed E-state index contributed by atoms with van der Waals surface area (Å²) < 4.78 is 5.18. The smallest absolute Gasteiger partial charge is 0.407 e. The maximum absolute atomic E-state index is 11.6. The van der Waals surface area contributed by atoms with Gasteiger partial charge in [0, 0.05) is 17.2 Å². The molecular weight excluding hydrogens is 334 g/mol. The van der Waals surface area contributed by atoms with Crippen molar-refractivity contribution in [3.63, 3.8) is 0 Å². The van der Waals surface area contributed by atoms with Gasteiger partial charge in [-0.3, -0.25) is 0 Å². The van der Waals surface area contributed by atoms with Gasteiger partial charge in [-0.1, -0.05) is 38.8 Å². The maximum Gasteiger partial charge on any atom is 0.407 e. The highest BCUT2D eigenvalue weighted by molar-refractivity contribution is 7.99. The Hall–Kier alpha value is -1.20. The van der Waals surface area contributed by atoms with Crippen LogP contribution in [0.5, 0.6) is 0 Å². The van der Waals surface area contributed by atoms with Crippen molar-refractivity contribution < 1.29 is 14.6 Å². The molecule has 0 saturated carbocycles. The first-order valence-corrected chi connectivity index (χ1v) is 10.1. The summed E-state index contributed by atoms with van der Waals surface area (Å²) in [6, 6.07) is 8.04. The average molecular weight is 368 g/mol. The molecule has 25 heavy (non-hydrogen) atoms. The minimum absolute atomic E-state index is 0.376. The zero-order valence-corrected chi connectivity index (χ0v) is 17.0. The van der Waals surface area contributed by atoms with E-state index in [2.05, 4.69) is 25.2 Å². The Kier molecular flexibility index (Phi) is 9.36. The summed E-state index contributed by atoms with van der Waals surface area (Å²) in [5.41, 5.74) is 0.379. The molecule has 1 atom stereocenters. The predicted molar refractivity (Wildman–Crippen MR) is 105 cm³/mol. The molecule has 0 aliphatic rings. The fourth-order valence-electron chi connectivity index (χ4n) is 2.34. The molecule has 1 aromatic rings. The van der Waals surface area contributed by atoms with Crippen molar-refractivity contribution in [2.45, 2.75) is 70.5 Å². The normalized spacial score (nSPS) is 12.9. The Morgan fingerprint density at radius 2 is 1.96 bits per heavy atom. The summed E-state index contributed by atoms with van der Waals surface area (Å²) >= 11 is 1.84. The molecule has 0 bridgehead atoms. The molecule has 0 aliphatic carbocycles. The van der Waals surface area contributed by atoms with Gasteiger partial charge in [0.25, 0.3) is 0 Å². The van der Waals surface area contributed by atoms with Gasteiger partial charge in [-0.2, -0.15) is 0 Å². The first-order chi connectivity index (χ1) is 11.7. The second kappa shape index (κ2) is 10.7. The fraction of sp³-hybridized carbons (Fsp3) is 0.650. The van der Waals surface area contributed by atoms with Crippen LogP contribution in [-0.2, 0) is 4.74 Å². The molecule has 1 unspecified atom stereocenters. The van der Waals surface area contributed by atoms with Gasteiger partial charge in [0.15, 0.2) is 0 Å². The number of carbonyl (C=O) groups excluding carboxylic acids is 1. The molecular formula is C20H33NO3S. The van der Waals surface area contributed by atoms with Gasteiger partial charge in [0.05, 0.1) is 6.10 Å². The molecule has 1 rings (SSSR count). The molecule has 0 aliphatic heterocycles. The van der Waals surface area contributed by atoms with Crippen LogP contribution in [0.25, 0.3) is 0 Å². The second-order valence-electron chi connectivity index (χ2n) is 7.30. The Morgan fingerprint density at radius 3 is 2.56 bits per heavy atom. The third kappa shape index (κ3) is 9.17. The maximum atomic E-state index is 11.6. The second-order valence-corrected chi connectivity index (χ2v) is 8.39. The van der Waals surface area contributed by atoms with Crippen LogP contribution in [0, 0.1) is 5.92 Å². The molecule has 0 radical (unpaired) electrons. The van der Waals surface area contributed by atoms with Crippen molar-refractivity contribution in [3.05, 3.63) is 29.8 Å². The third-order valence-corrected chi connectivity index (χ3v) is 5.19. The number of alkyl carbamates (subject to hydrolysis) is 1. The number of carbonyl (C=O) groups is 1. The van der Waals surface area contributed by atoms with Crippen LogP contribution in [0.3, 0.4) is 0 Å². The number of thioether (sulfide) groups is 1. The van der Waals surface area contributed by atoms with Gasteiger partial charge in [-0.25, -0.2) is 4.79 Å². The van der Waals surface area contributed by atoms with E-state index < -0.39 is 17.8 Å². The number of hydrogen-bond donors (Lipinski definition) is 2. The zero-order chi connectivity index (χ0) is 18.9. The van der Waals surface area contributed by atoms with Gasteiger partial charge in [0.1, 0.15) is 5.60 Å². The highest BCUT2D eigenvalue weighted by Gasteiger charge is 2.16. The summed E-state index contributed by atoms with van der Waals surface area (Å²) in [5, 5.41) is 13.0. The monoisotopic (exact) mass is 367 g/mol. The van der Waals surface area contributed by atoms with Crippen LogP contribution in [-0.4, -0.2) is 29.1 Å². The fourth-order valence-corrected chi connectivity index (χ4v) is 3.64. The minimum atomic E-state index is -0.594. The van der Waals surface area contributed by atoms with E-state index >= 15 is 0 Å². The summed E-state index contributed by atoms with van der Waals surface area (Å²) in [6.07, 6.45) is 1.81. The van der Waals surface area contributed by atoms with Crippen LogP contribution in [0.4, 0.5) is 4.79 Å². The van der Waals surface area contributed by atoms with Crippen molar-refractivity contribution in [1.82, 2.24) is 5.32 Å². The van der Waals surface area contributed by atoms with Crippen molar-refractivity contribution in [2.24, 2.45) is 5.92 Å². The number of benzene rings is 1. The number of rotatable bonds is 9. The molecule has 4 nitrogen and oxygen atoms in total. The minimum Gasteiger partial charge on any atom is -0.444 e. The van der Waals surface area contributed by atoms with Crippen LogP contribution in [0.15, 0.2) is 29.2 Å². The molecule has 5 heteroatoms. The summed E-state index contributed by atoms with van der Waals surface area (Å²) in [5.74, 6) is 1.84. The van der Waals surface area contributed by atoms with Gasteiger partial charge in [-0.15, -0.1) is 11.8 Å². The molecule has 1 amide bonds. The number of nitrogens with one attached hydrogen (secondary N) is 1. The molecule has 0 spiro atoms. The number of hydrogen-bond acceptors (Lipinski definition) is 4. The van der Waals surface area contributed by atoms with Gasteiger partial charge >= 0.3 is 6.09 Å². The van der Waals surface area contributed by atoms with Crippen LogP contribution >= 0.6 is 11.8 Å². The van der Waals surface area contributed by atoms with Crippen molar-refractivity contribution in [3.8, 4) is 0 Å². The average Bonchev–Trinajstić information content (AvgIpc) is 2.54. The lowest BCUT2D eigenvalue weighted by molar-refractivity contribution is 0.0518. The Bertz CT molecular complexity index is 524. The molecule has 0 heterocycles. The summed E-state index contributed by atoms with van der Waals surface area (Å²) in [6.45, 7) is 10.3. The molecule has 0 aromatic heterocycles. The quantitative estimate of drug-likeness (QED) is 0.592. The van der Waals surface area contributed by atoms with E-state index in [0.717, 1.165) is 17.2 Å². The van der Waals surface area contributed by atoms with Crippen molar-refractivity contribution in [2.75, 3.05) is 12.3 Å². The standard InChI is InChI=1S/C20H33NO3S/c1-6-15(7-2)14-25-17-10-8-9-16(13-17)18(22)11-12-21-19(23)24-20(3,4)5/h8-10,13,15,18,22H,6-7,11-12,14H2,1-5H3,(H,21,23). The predicted octanol–water partition coefficient (Wildman–Crippen LogP) is 5.16. The Labute approximate surface area is 156 Å². The van der Waals surface area contributed by atoms with Crippen molar-refractivity contribution >= 4 is 17.9 Å². The van der Waals surface area contributed by atoms with E-state index in [1.165, 1.54) is 17.7 Å².